The quantitative estimate of drug-likeness (QED) is 0.820. The number of nitrogens with one attached hydrogen (secondary N) is 1. The van der Waals surface area contributed by atoms with Crippen LogP contribution in [-0.2, 0) is 11.2 Å². The van der Waals surface area contributed by atoms with Crippen molar-refractivity contribution in [1.29, 1.82) is 0 Å². The van der Waals surface area contributed by atoms with E-state index in [2.05, 4.69) is 5.32 Å². The number of carbonyl (C=O) groups is 2. The van der Waals surface area contributed by atoms with Gasteiger partial charge >= 0.3 is 5.97 Å². The molecule has 0 aliphatic carbocycles. The van der Waals surface area contributed by atoms with Crippen LogP contribution in [0.3, 0.4) is 0 Å². The fourth-order valence-electron chi connectivity index (χ4n) is 2.76. The van der Waals surface area contributed by atoms with Crippen LogP contribution in [0.4, 0.5) is 0 Å². The van der Waals surface area contributed by atoms with E-state index in [1.165, 1.54) is 13.2 Å². The third kappa shape index (κ3) is 4.05. The maximum absolute atomic E-state index is 12.5. The number of benzene rings is 2. The molecule has 0 saturated heterocycles. The first-order chi connectivity index (χ1) is 12.6. The molecule has 2 aromatic carbocycles. The number of carbonyl (C=O) groups excluding carboxylic acids is 1. The lowest BCUT2D eigenvalue weighted by atomic mass is 10.0. The van der Waals surface area contributed by atoms with E-state index in [1.807, 2.05) is 24.3 Å². The van der Waals surface area contributed by atoms with Crippen molar-refractivity contribution in [2.45, 2.75) is 12.5 Å². The second-order valence-corrected chi connectivity index (χ2v) is 5.84. The van der Waals surface area contributed by atoms with Crippen molar-refractivity contribution in [3.8, 4) is 17.2 Å². The van der Waals surface area contributed by atoms with E-state index in [0.29, 0.717) is 24.3 Å². The molecule has 0 unspecified atom stereocenters. The van der Waals surface area contributed by atoms with Gasteiger partial charge in [0.25, 0.3) is 5.91 Å². The van der Waals surface area contributed by atoms with Crippen molar-refractivity contribution >= 4 is 11.9 Å². The number of hydrogen-bond donors (Lipinski definition) is 2. The Kier molecular flexibility index (Phi) is 5.26. The van der Waals surface area contributed by atoms with Gasteiger partial charge < -0.3 is 24.6 Å². The Labute approximate surface area is 150 Å². The number of rotatable bonds is 6. The molecule has 2 aromatic rings. The highest BCUT2D eigenvalue weighted by Gasteiger charge is 2.22. The van der Waals surface area contributed by atoms with E-state index in [4.69, 9.17) is 19.3 Å². The normalized spacial score (nSPS) is 15.3. The highest BCUT2D eigenvalue weighted by atomic mass is 16.5. The van der Waals surface area contributed by atoms with Gasteiger partial charge in [0.05, 0.1) is 13.2 Å². The molecule has 0 radical (unpaired) electrons. The van der Waals surface area contributed by atoms with Gasteiger partial charge in [0.1, 0.15) is 12.4 Å². The second kappa shape index (κ2) is 7.77. The molecule has 0 aromatic heterocycles. The van der Waals surface area contributed by atoms with Gasteiger partial charge in [-0.1, -0.05) is 18.2 Å². The molecule has 7 heteroatoms. The van der Waals surface area contributed by atoms with Crippen LogP contribution < -0.4 is 19.5 Å². The van der Waals surface area contributed by atoms with Gasteiger partial charge in [0, 0.05) is 5.56 Å². The van der Waals surface area contributed by atoms with Gasteiger partial charge in [0.2, 0.25) is 0 Å². The van der Waals surface area contributed by atoms with Crippen LogP contribution in [0.1, 0.15) is 15.9 Å². The summed E-state index contributed by atoms with van der Waals surface area (Å²) in [5.41, 5.74) is 1.40. The lowest BCUT2D eigenvalue weighted by Gasteiger charge is -2.26. The van der Waals surface area contributed by atoms with E-state index in [0.717, 1.165) is 11.3 Å². The van der Waals surface area contributed by atoms with Crippen molar-refractivity contribution in [3.63, 3.8) is 0 Å². The fourth-order valence-corrected chi connectivity index (χ4v) is 2.76. The minimum absolute atomic E-state index is 0.150. The number of fused-ring (bicyclic) bond motifs is 1. The molecule has 1 aliphatic heterocycles. The number of aliphatic carboxylic acids is 1. The standard InChI is InChI=1S/C19H19NO6/c1-24-16-7-6-13(9-17(16)26-11-18(21)22)19(23)20-14-8-12-4-2-3-5-15(12)25-10-14/h2-7,9,14H,8,10-11H2,1H3,(H,20,23)(H,21,22)/t14-/m0/s1. The van der Waals surface area contributed by atoms with Crippen LogP contribution in [0.25, 0.3) is 0 Å². The molecule has 136 valence electrons. The van der Waals surface area contributed by atoms with Crippen LogP contribution in [0.2, 0.25) is 0 Å². The minimum Gasteiger partial charge on any atom is -0.493 e. The smallest absolute Gasteiger partial charge is 0.341 e. The van der Waals surface area contributed by atoms with E-state index in [1.54, 1.807) is 12.1 Å². The second-order valence-electron chi connectivity index (χ2n) is 5.84. The Hall–Kier alpha value is -3.22. The number of methoxy groups -OCH3 is 1. The number of carboxylic acids is 1. The van der Waals surface area contributed by atoms with E-state index in [-0.39, 0.29) is 17.7 Å². The van der Waals surface area contributed by atoms with Crippen LogP contribution in [0, 0.1) is 0 Å². The Balaban J connectivity index is 1.70. The van der Waals surface area contributed by atoms with Gasteiger partial charge in [-0.3, -0.25) is 4.79 Å². The summed E-state index contributed by atoms with van der Waals surface area (Å²) in [6.45, 7) is -0.129. The zero-order valence-corrected chi connectivity index (χ0v) is 14.2. The molecule has 0 saturated carbocycles. The largest absolute Gasteiger partial charge is 0.493 e. The number of hydrogen-bond acceptors (Lipinski definition) is 5. The van der Waals surface area contributed by atoms with Crippen molar-refractivity contribution < 1.29 is 28.9 Å². The molecule has 3 rings (SSSR count). The lowest BCUT2D eigenvalue weighted by molar-refractivity contribution is -0.139. The van der Waals surface area contributed by atoms with Crippen molar-refractivity contribution in [1.82, 2.24) is 5.32 Å². The molecule has 7 nitrogen and oxygen atoms in total. The average Bonchev–Trinajstić information content (AvgIpc) is 2.66. The van der Waals surface area contributed by atoms with Crippen LogP contribution >= 0.6 is 0 Å². The van der Waals surface area contributed by atoms with E-state index >= 15 is 0 Å². The molecule has 26 heavy (non-hydrogen) atoms. The van der Waals surface area contributed by atoms with Gasteiger partial charge in [-0.05, 0) is 36.2 Å². The first-order valence-corrected chi connectivity index (χ1v) is 8.11. The van der Waals surface area contributed by atoms with E-state index < -0.39 is 12.6 Å². The highest BCUT2D eigenvalue weighted by molar-refractivity contribution is 5.95. The predicted molar refractivity (Wildman–Crippen MR) is 93.0 cm³/mol. The molecule has 2 N–H and O–H groups in total. The third-order valence-corrected chi connectivity index (χ3v) is 3.99. The van der Waals surface area contributed by atoms with Gasteiger partial charge in [-0.2, -0.15) is 0 Å². The molecule has 0 spiro atoms. The Morgan fingerprint density at radius 1 is 1.23 bits per heavy atom. The maximum atomic E-state index is 12.5. The molecule has 1 aliphatic rings. The predicted octanol–water partition coefficient (Wildman–Crippen LogP) is 1.89. The molecule has 1 heterocycles. The first-order valence-electron chi connectivity index (χ1n) is 8.11. The maximum Gasteiger partial charge on any atom is 0.341 e. The molecule has 0 bridgehead atoms. The molecular formula is C19H19NO6. The summed E-state index contributed by atoms with van der Waals surface area (Å²) in [5, 5.41) is 11.7. The molecule has 0 fully saturated rings. The van der Waals surface area contributed by atoms with Crippen molar-refractivity contribution in [3.05, 3.63) is 53.6 Å². The van der Waals surface area contributed by atoms with Gasteiger partial charge in [-0.25, -0.2) is 4.79 Å². The summed E-state index contributed by atoms with van der Waals surface area (Å²) < 4.78 is 16.0. The number of para-hydroxylation sites is 1. The SMILES string of the molecule is COc1ccc(C(=O)N[C@@H]2COc3ccccc3C2)cc1OCC(=O)O. The third-order valence-electron chi connectivity index (χ3n) is 3.99. The number of carboxylic acid groups (broad SMARTS) is 1. The lowest BCUT2D eigenvalue weighted by Crippen LogP contribution is -2.42. The summed E-state index contributed by atoms with van der Waals surface area (Å²) in [6, 6.07) is 12.2. The number of ether oxygens (including phenoxy) is 3. The van der Waals surface area contributed by atoms with E-state index in [9.17, 15) is 9.59 Å². The zero-order valence-electron chi connectivity index (χ0n) is 14.2. The molecule has 1 atom stereocenters. The summed E-state index contributed by atoms with van der Waals surface area (Å²) in [4.78, 5) is 23.2. The van der Waals surface area contributed by atoms with Crippen LogP contribution in [-0.4, -0.2) is 43.3 Å². The highest BCUT2D eigenvalue weighted by Crippen LogP contribution is 2.28. The Morgan fingerprint density at radius 3 is 2.81 bits per heavy atom. The van der Waals surface area contributed by atoms with Crippen molar-refractivity contribution in [2.75, 3.05) is 20.3 Å². The van der Waals surface area contributed by atoms with Crippen LogP contribution in [0.15, 0.2) is 42.5 Å². The summed E-state index contributed by atoms with van der Waals surface area (Å²) in [6.07, 6.45) is 0.681. The average molecular weight is 357 g/mol. The Morgan fingerprint density at radius 2 is 2.04 bits per heavy atom. The zero-order chi connectivity index (χ0) is 18.5. The topological polar surface area (TPSA) is 94.1 Å². The summed E-state index contributed by atoms with van der Waals surface area (Å²) >= 11 is 0. The molecule has 1 amide bonds. The summed E-state index contributed by atoms with van der Waals surface area (Å²) in [7, 11) is 1.44. The van der Waals surface area contributed by atoms with Gasteiger partial charge in [-0.15, -0.1) is 0 Å². The van der Waals surface area contributed by atoms with Gasteiger partial charge in [0.15, 0.2) is 18.1 Å². The monoisotopic (exact) mass is 357 g/mol. The minimum atomic E-state index is -1.11. The number of amides is 1. The fraction of sp³-hybridized carbons (Fsp3) is 0.263. The molecular weight excluding hydrogens is 338 g/mol. The summed E-state index contributed by atoms with van der Waals surface area (Å²) in [5.74, 6) is -0.00180. The van der Waals surface area contributed by atoms with Crippen molar-refractivity contribution in [2.24, 2.45) is 0 Å². The van der Waals surface area contributed by atoms with Crippen LogP contribution in [0.5, 0.6) is 17.2 Å². The Bertz CT molecular complexity index is 819. The first kappa shape index (κ1) is 17.6.